The van der Waals surface area contributed by atoms with E-state index in [0.717, 1.165) is 18.4 Å². The van der Waals surface area contributed by atoms with Crippen LogP contribution in [0.4, 0.5) is 0 Å². The first-order chi connectivity index (χ1) is 8.16. The van der Waals surface area contributed by atoms with Crippen molar-refractivity contribution in [3.05, 3.63) is 47.5 Å². The fourth-order valence-corrected chi connectivity index (χ4v) is 2.43. The smallest absolute Gasteiger partial charge is 0.117 e. The molecule has 2 heteroatoms. The molecule has 0 amide bonds. The van der Waals surface area contributed by atoms with Crippen LogP contribution >= 0.6 is 0 Å². The predicted octanol–water partition coefficient (Wildman–Crippen LogP) is 3.02. The highest BCUT2D eigenvalue weighted by Crippen LogP contribution is 2.39. The molecule has 1 aromatic carbocycles. The number of allylic oxidation sites excluding steroid dienone is 1. The van der Waals surface area contributed by atoms with Gasteiger partial charge < -0.3 is 9.84 Å². The molecular weight excluding hydrogens is 212 g/mol. The van der Waals surface area contributed by atoms with Gasteiger partial charge in [-0.1, -0.05) is 42.0 Å². The van der Waals surface area contributed by atoms with Gasteiger partial charge in [0.2, 0.25) is 0 Å². The molecule has 2 rings (SSSR count). The summed E-state index contributed by atoms with van der Waals surface area (Å²) in [5.74, 6) is 0. The average molecular weight is 232 g/mol. The molecule has 0 spiro atoms. The highest BCUT2D eigenvalue weighted by atomic mass is 16.5. The zero-order valence-corrected chi connectivity index (χ0v) is 10.5. The van der Waals surface area contributed by atoms with Gasteiger partial charge in [0.15, 0.2) is 0 Å². The minimum Gasteiger partial charge on any atom is -0.393 e. The zero-order valence-electron chi connectivity index (χ0n) is 10.5. The molecule has 1 saturated heterocycles. The highest BCUT2D eigenvalue weighted by Gasteiger charge is 2.40. The Bertz CT molecular complexity index is 393. The van der Waals surface area contributed by atoms with Crippen molar-refractivity contribution in [1.82, 2.24) is 0 Å². The van der Waals surface area contributed by atoms with Gasteiger partial charge in [-0.2, -0.15) is 0 Å². The number of hydrogen-bond acceptors (Lipinski definition) is 2. The van der Waals surface area contributed by atoms with E-state index >= 15 is 0 Å². The molecule has 0 aromatic heterocycles. The fraction of sp³-hybridized carbons (Fsp3) is 0.467. The van der Waals surface area contributed by atoms with Gasteiger partial charge in [-0.25, -0.2) is 0 Å². The Morgan fingerprint density at radius 2 is 2.12 bits per heavy atom. The van der Waals surface area contributed by atoms with E-state index in [1.807, 2.05) is 30.3 Å². The van der Waals surface area contributed by atoms with Crippen LogP contribution in [0.25, 0.3) is 0 Å². The molecule has 0 radical (unpaired) electrons. The maximum absolute atomic E-state index is 9.68. The van der Waals surface area contributed by atoms with Crippen LogP contribution in [0.1, 0.15) is 32.3 Å². The van der Waals surface area contributed by atoms with Gasteiger partial charge in [-0.05, 0) is 32.3 Å². The van der Waals surface area contributed by atoms with Crippen LogP contribution in [0, 0.1) is 0 Å². The number of aliphatic hydroxyl groups excluding tert-OH is 1. The van der Waals surface area contributed by atoms with Gasteiger partial charge in [0, 0.05) is 0 Å². The second kappa shape index (κ2) is 5.03. The first-order valence-corrected chi connectivity index (χ1v) is 6.15. The molecule has 1 N–H and O–H groups in total. The number of benzene rings is 1. The van der Waals surface area contributed by atoms with Crippen LogP contribution < -0.4 is 0 Å². The zero-order chi connectivity index (χ0) is 12.3. The third-order valence-corrected chi connectivity index (χ3v) is 3.28. The molecular formula is C15H20O2. The summed E-state index contributed by atoms with van der Waals surface area (Å²) in [6.45, 7) is 4.19. The van der Waals surface area contributed by atoms with Gasteiger partial charge in [0.25, 0.3) is 0 Å². The van der Waals surface area contributed by atoms with Crippen LogP contribution in [0.5, 0.6) is 0 Å². The minimum absolute atomic E-state index is 0.0457. The fourth-order valence-electron chi connectivity index (χ4n) is 2.43. The van der Waals surface area contributed by atoms with Crippen molar-refractivity contribution in [2.75, 3.05) is 6.61 Å². The normalized spacial score (nSPS) is 28.1. The number of ether oxygens (including phenoxy) is 1. The Morgan fingerprint density at radius 3 is 2.71 bits per heavy atom. The largest absolute Gasteiger partial charge is 0.393 e. The van der Waals surface area contributed by atoms with Gasteiger partial charge in [0.05, 0.1) is 12.7 Å². The molecule has 17 heavy (non-hydrogen) atoms. The maximum Gasteiger partial charge on any atom is 0.117 e. The summed E-state index contributed by atoms with van der Waals surface area (Å²) in [7, 11) is 0. The van der Waals surface area contributed by atoms with Gasteiger partial charge >= 0.3 is 0 Å². The molecule has 2 atom stereocenters. The predicted molar refractivity (Wildman–Crippen MR) is 68.7 cm³/mol. The van der Waals surface area contributed by atoms with E-state index in [9.17, 15) is 5.11 Å². The summed E-state index contributed by atoms with van der Waals surface area (Å²) < 4.78 is 6.07. The van der Waals surface area contributed by atoms with Crippen LogP contribution in [0.3, 0.4) is 0 Å². The molecule has 2 nitrogen and oxygen atoms in total. The van der Waals surface area contributed by atoms with Crippen molar-refractivity contribution in [3.8, 4) is 0 Å². The molecule has 92 valence electrons. The Hall–Kier alpha value is -1.12. The maximum atomic E-state index is 9.68. The first kappa shape index (κ1) is 12.3. The van der Waals surface area contributed by atoms with Crippen molar-refractivity contribution >= 4 is 0 Å². The Balaban J connectivity index is 2.21. The van der Waals surface area contributed by atoms with E-state index in [2.05, 4.69) is 19.9 Å². The average Bonchev–Trinajstić information content (AvgIpc) is 2.74. The van der Waals surface area contributed by atoms with Gasteiger partial charge in [-0.15, -0.1) is 0 Å². The van der Waals surface area contributed by atoms with Gasteiger partial charge in [-0.3, -0.25) is 0 Å². The quantitative estimate of drug-likeness (QED) is 0.812. The van der Waals surface area contributed by atoms with Crippen molar-refractivity contribution < 1.29 is 9.84 Å². The van der Waals surface area contributed by atoms with Crippen molar-refractivity contribution in [1.29, 1.82) is 0 Å². The topological polar surface area (TPSA) is 29.5 Å². The van der Waals surface area contributed by atoms with Gasteiger partial charge in [0.1, 0.15) is 5.60 Å². The molecule has 1 heterocycles. The Morgan fingerprint density at radius 1 is 1.41 bits per heavy atom. The lowest BCUT2D eigenvalue weighted by molar-refractivity contribution is -0.0645. The summed E-state index contributed by atoms with van der Waals surface area (Å²) in [5.41, 5.74) is 1.83. The molecule has 0 saturated carbocycles. The summed E-state index contributed by atoms with van der Waals surface area (Å²) in [6, 6.07) is 10.0. The van der Waals surface area contributed by atoms with Crippen LogP contribution in [0.2, 0.25) is 0 Å². The SMILES string of the molecule is CC(C)=C[C@@H]1CC[C@](CO)(c2ccccc2)O1. The third-order valence-electron chi connectivity index (χ3n) is 3.28. The van der Waals surface area contributed by atoms with Crippen molar-refractivity contribution in [2.45, 2.75) is 38.4 Å². The summed E-state index contributed by atoms with van der Waals surface area (Å²) in [5, 5.41) is 9.68. The molecule has 0 unspecified atom stereocenters. The second-order valence-electron chi connectivity index (χ2n) is 4.96. The lowest BCUT2D eigenvalue weighted by Gasteiger charge is -2.27. The molecule has 0 bridgehead atoms. The Labute approximate surface area is 103 Å². The molecule has 1 aliphatic heterocycles. The monoisotopic (exact) mass is 232 g/mol. The minimum atomic E-state index is -0.502. The summed E-state index contributed by atoms with van der Waals surface area (Å²) in [4.78, 5) is 0. The van der Waals surface area contributed by atoms with Crippen LogP contribution in [-0.4, -0.2) is 17.8 Å². The number of aliphatic hydroxyl groups is 1. The first-order valence-electron chi connectivity index (χ1n) is 6.15. The lowest BCUT2D eigenvalue weighted by Crippen LogP contribution is -2.30. The second-order valence-corrected chi connectivity index (χ2v) is 4.96. The van der Waals surface area contributed by atoms with Crippen LogP contribution in [0.15, 0.2) is 42.0 Å². The standard InChI is InChI=1S/C15H20O2/c1-12(2)10-14-8-9-15(11-16,17-14)13-6-4-3-5-7-13/h3-7,10,14,16H,8-9,11H2,1-2H3/t14-,15-/m0/s1. The van der Waals surface area contributed by atoms with E-state index in [-0.39, 0.29) is 12.7 Å². The molecule has 0 aliphatic carbocycles. The summed E-state index contributed by atoms with van der Waals surface area (Å²) >= 11 is 0. The van der Waals surface area contributed by atoms with E-state index < -0.39 is 5.60 Å². The third kappa shape index (κ3) is 2.59. The van der Waals surface area contributed by atoms with E-state index in [4.69, 9.17) is 4.74 Å². The Kier molecular flexibility index (Phi) is 3.65. The van der Waals surface area contributed by atoms with E-state index in [0.29, 0.717) is 0 Å². The van der Waals surface area contributed by atoms with Crippen LogP contribution in [-0.2, 0) is 10.3 Å². The number of hydrogen-bond donors (Lipinski definition) is 1. The lowest BCUT2D eigenvalue weighted by atomic mass is 9.91. The van der Waals surface area contributed by atoms with E-state index in [1.165, 1.54) is 5.57 Å². The molecule has 1 fully saturated rings. The molecule has 1 aromatic rings. The summed E-state index contributed by atoms with van der Waals surface area (Å²) in [6.07, 6.45) is 4.12. The van der Waals surface area contributed by atoms with Crippen molar-refractivity contribution in [3.63, 3.8) is 0 Å². The molecule has 1 aliphatic rings. The highest BCUT2D eigenvalue weighted by molar-refractivity contribution is 5.24. The van der Waals surface area contributed by atoms with E-state index in [1.54, 1.807) is 0 Å². The van der Waals surface area contributed by atoms with Crippen molar-refractivity contribution in [2.24, 2.45) is 0 Å². The number of rotatable bonds is 3.